The van der Waals surface area contributed by atoms with Gasteiger partial charge in [0, 0.05) is 18.0 Å². The van der Waals surface area contributed by atoms with Crippen molar-refractivity contribution < 1.29 is 4.79 Å². The number of rotatable bonds is 8. The average molecular weight is 233 g/mol. The molecule has 0 aromatic carbocycles. The molecule has 0 saturated heterocycles. The lowest BCUT2D eigenvalue weighted by molar-refractivity contribution is 0.101. The molecule has 94 valence electrons. The molecule has 2 heteroatoms. The van der Waals surface area contributed by atoms with Crippen LogP contribution in [0.4, 0.5) is 0 Å². The normalized spacial score (nSPS) is 10.5. The molecule has 0 atom stereocenters. The summed E-state index contributed by atoms with van der Waals surface area (Å²) in [5.41, 5.74) is 1.95. The maximum absolute atomic E-state index is 11.4. The lowest BCUT2D eigenvalue weighted by Crippen LogP contribution is -2.00. The van der Waals surface area contributed by atoms with Crippen molar-refractivity contribution in [3.63, 3.8) is 0 Å². The van der Waals surface area contributed by atoms with E-state index in [0.29, 0.717) is 0 Å². The molecule has 0 aliphatic heterocycles. The Bertz CT molecular complexity index is 347. The lowest BCUT2D eigenvalue weighted by Gasteiger charge is -2.05. The molecule has 0 unspecified atom stereocenters. The Hall–Kier alpha value is -1.18. The Labute approximate surface area is 104 Å². The van der Waals surface area contributed by atoms with Gasteiger partial charge in [-0.05, 0) is 31.4 Å². The first-order chi connectivity index (χ1) is 8.25. The van der Waals surface area contributed by atoms with E-state index in [4.69, 9.17) is 0 Å². The van der Waals surface area contributed by atoms with Gasteiger partial charge in [-0.1, -0.05) is 39.0 Å². The topological polar surface area (TPSA) is 30.0 Å². The molecule has 2 nitrogen and oxygen atoms in total. The zero-order valence-electron chi connectivity index (χ0n) is 11.0. The fourth-order valence-electron chi connectivity index (χ4n) is 2.05. The van der Waals surface area contributed by atoms with Gasteiger partial charge in [0.05, 0.1) is 0 Å². The molecule has 0 fully saturated rings. The molecule has 17 heavy (non-hydrogen) atoms. The number of carbonyl (C=O) groups excluding carboxylic acids is 1. The molecule has 1 aromatic rings. The summed E-state index contributed by atoms with van der Waals surface area (Å²) in [6.45, 7) is 3.85. The highest BCUT2D eigenvalue weighted by Crippen LogP contribution is 2.13. The van der Waals surface area contributed by atoms with Crippen molar-refractivity contribution in [2.24, 2.45) is 0 Å². The second-order valence-corrected chi connectivity index (χ2v) is 4.61. The van der Waals surface area contributed by atoms with Crippen LogP contribution in [-0.4, -0.2) is 10.8 Å². The third-order valence-electron chi connectivity index (χ3n) is 3.09. The Morgan fingerprint density at radius 2 is 1.88 bits per heavy atom. The van der Waals surface area contributed by atoms with E-state index < -0.39 is 0 Å². The van der Waals surface area contributed by atoms with Crippen molar-refractivity contribution in [1.82, 2.24) is 4.98 Å². The summed E-state index contributed by atoms with van der Waals surface area (Å²) in [5.74, 6) is 0.124. The Balaban J connectivity index is 2.34. The number of hydrogen-bond donors (Lipinski definition) is 0. The minimum Gasteiger partial charge on any atom is -0.294 e. The van der Waals surface area contributed by atoms with Crippen LogP contribution in [0.3, 0.4) is 0 Å². The molecule has 0 bridgehead atoms. The van der Waals surface area contributed by atoms with Crippen LogP contribution in [0.25, 0.3) is 0 Å². The minimum atomic E-state index is 0.124. The first kappa shape index (κ1) is 13.9. The van der Waals surface area contributed by atoms with Crippen molar-refractivity contribution >= 4 is 5.78 Å². The van der Waals surface area contributed by atoms with Gasteiger partial charge in [-0.3, -0.25) is 9.78 Å². The maximum Gasteiger partial charge on any atom is 0.161 e. The van der Waals surface area contributed by atoms with Gasteiger partial charge in [-0.25, -0.2) is 0 Å². The van der Waals surface area contributed by atoms with E-state index >= 15 is 0 Å². The molecule has 0 amide bonds. The monoisotopic (exact) mass is 233 g/mol. The van der Waals surface area contributed by atoms with Crippen LogP contribution < -0.4 is 0 Å². The number of ketones is 1. The molecule has 0 spiro atoms. The summed E-state index contributed by atoms with van der Waals surface area (Å²) in [4.78, 5) is 15.4. The molecule has 0 aliphatic carbocycles. The summed E-state index contributed by atoms with van der Waals surface area (Å²) < 4.78 is 0. The van der Waals surface area contributed by atoms with Crippen LogP contribution >= 0.6 is 0 Å². The second-order valence-electron chi connectivity index (χ2n) is 4.61. The number of nitrogens with zero attached hydrogens (tertiary/aromatic N) is 1. The predicted molar refractivity (Wildman–Crippen MR) is 71.3 cm³/mol. The molecule has 1 aromatic heterocycles. The van der Waals surface area contributed by atoms with E-state index in [0.717, 1.165) is 17.5 Å². The molecule has 1 heterocycles. The lowest BCUT2D eigenvalue weighted by atomic mass is 10.0. The summed E-state index contributed by atoms with van der Waals surface area (Å²) in [5, 5.41) is 0. The molecule has 0 radical (unpaired) electrons. The zero-order chi connectivity index (χ0) is 12.5. The summed E-state index contributed by atoms with van der Waals surface area (Å²) in [7, 11) is 0. The first-order valence-electron chi connectivity index (χ1n) is 6.69. The standard InChI is InChI=1S/C15H23NO/c1-3-4-5-6-7-8-9-14-10-11-16-12-15(14)13(2)17/h10-12H,3-9H2,1-2H3. The van der Waals surface area contributed by atoms with E-state index in [-0.39, 0.29) is 5.78 Å². The van der Waals surface area contributed by atoms with Gasteiger partial charge in [0.1, 0.15) is 0 Å². The average Bonchev–Trinajstić information content (AvgIpc) is 2.34. The van der Waals surface area contributed by atoms with Crippen molar-refractivity contribution in [1.29, 1.82) is 0 Å². The minimum absolute atomic E-state index is 0.124. The summed E-state index contributed by atoms with van der Waals surface area (Å²) in [6, 6.07) is 1.97. The van der Waals surface area contributed by atoms with E-state index in [1.807, 2.05) is 6.07 Å². The van der Waals surface area contributed by atoms with Crippen LogP contribution in [0.5, 0.6) is 0 Å². The van der Waals surface area contributed by atoms with Gasteiger partial charge in [-0.2, -0.15) is 0 Å². The highest BCUT2D eigenvalue weighted by atomic mass is 16.1. The second kappa shape index (κ2) is 7.99. The molecule has 1 rings (SSSR count). The van der Waals surface area contributed by atoms with E-state index in [1.54, 1.807) is 19.3 Å². The number of aryl methyl sites for hydroxylation is 1. The highest BCUT2D eigenvalue weighted by Gasteiger charge is 2.06. The molecular formula is C15H23NO. The largest absolute Gasteiger partial charge is 0.294 e. The SMILES string of the molecule is CCCCCCCCc1ccncc1C(C)=O. The van der Waals surface area contributed by atoms with E-state index in [9.17, 15) is 4.79 Å². The highest BCUT2D eigenvalue weighted by molar-refractivity contribution is 5.95. The van der Waals surface area contributed by atoms with Gasteiger partial charge >= 0.3 is 0 Å². The van der Waals surface area contributed by atoms with Crippen molar-refractivity contribution in [3.05, 3.63) is 29.6 Å². The van der Waals surface area contributed by atoms with Crippen molar-refractivity contribution in [2.75, 3.05) is 0 Å². The number of Topliss-reactive ketones (excluding diaryl/α,β-unsaturated/α-hetero) is 1. The third kappa shape index (κ3) is 5.12. The van der Waals surface area contributed by atoms with Gasteiger partial charge in [0.15, 0.2) is 5.78 Å². The molecular weight excluding hydrogens is 210 g/mol. The Morgan fingerprint density at radius 1 is 1.18 bits per heavy atom. The van der Waals surface area contributed by atoms with Crippen molar-refractivity contribution in [3.8, 4) is 0 Å². The molecule has 0 N–H and O–H groups in total. The zero-order valence-corrected chi connectivity index (χ0v) is 11.0. The number of unbranched alkanes of at least 4 members (excludes halogenated alkanes) is 5. The van der Waals surface area contributed by atoms with Crippen LogP contribution in [0, 0.1) is 0 Å². The van der Waals surface area contributed by atoms with Crippen LogP contribution in [0.2, 0.25) is 0 Å². The number of hydrogen-bond acceptors (Lipinski definition) is 2. The predicted octanol–water partition coefficient (Wildman–Crippen LogP) is 4.19. The Morgan fingerprint density at radius 3 is 2.59 bits per heavy atom. The van der Waals surface area contributed by atoms with Gasteiger partial charge in [0.25, 0.3) is 0 Å². The van der Waals surface area contributed by atoms with Crippen LogP contribution in [0.15, 0.2) is 18.5 Å². The van der Waals surface area contributed by atoms with Crippen molar-refractivity contribution in [2.45, 2.75) is 58.8 Å². The van der Waals surface area contributed by atoms with Crippen LogP contribution in [0.1, 0.15) is 68.3 Å². The van der Waals surface area contributed by atoms with E-state index in [2.05, 4.69) is 11.9 Å². The Kier molecular flexibility index (Phi) is 6.53. The smallest absolute Gasteiger partial charge is 0.161 e. The molecule has 0 saturated carbocycles. The summed E-state index contributed by atoms with van der Waals surface area (Å²) >= 11 is 0. The third-order valence-corrected chi connectivity index (χ3v) is 3.09. The quantitative estimate of drug-likeness (QED) is 0.498. The maximum atomic E-state index is 11.4. The van der Waals surface area contributed by atoms with Gasteiger partial charge < -0.3 is 0 Å². The number of pyridine rings is 1. The molecule has 0 aliphatic rings. The van der Waals surface area contributed by atoms with Gasteiger partial charge in [-0.15, -0.1) is 0 Å². The van der Waals surface area contributed by atoms with E-state index in [1.165, 1.54) is 38.5 Å². The first-order valence-corrected chi connectivity index (χ1v) is 6.69. The number of carbonyl (C=O) groups is 1. The summed E-state index contributed by atoms with van der Waals surface area (Å²) in [6.07, 6.45) is 12.2. The fourth-order valence-corrected chi connectivity index (χ4v) is 2.05. The fraction of sp³-hybridized carbons (Fsp3) is 0.600. The van der Waals surface area contributed by atoms with Crippen LogP contribution in [-0.2, 0) is 6.42 Å². The van der Waals surface area contributed by atoms with Gasteiger partial charge in [0.2, 0.25) is 0 Å². The number of aromatic nitrogens is 1.